The lowest BCUT2D eigenvalue weighted by Crippen LogP contribution is -2.08. The first kappa shape index (κ1) is 13.4. The Bertz CT molecular complexity index is 552. The summed E-state index contributed by atoms with van der Waals surface area (Å²) in [6.07, 6.45) is 0.731. The molecule has 1 aromatic carbocycles. The maximum atomic E-state index is 11.8. The van der Waals surface area contributed by atoms with Crippen molar-refractivity contribution in [2.75, 3.05) is 19.5 Å². The number of anilines is 1. The van der Waals surface area contributed by atoms with E-state index < -0.39 is 0 Å². The van der Waals surface area contributed by atoms with Crippen LogP contribution in [0.2, 0.25) is 0 Å². The first-order chi connectivity index (χ1) is 9.20. The van der Waals surface area contributed by atoms with Crippen LogP contribution >= 0.6 is 11.3 Å². The molecule has 1 aromatic heterocycles. The number of nitrogen functional groups attached to an aromatic ring is 1. The predicted octanol–water partition coefficient (Wildman–Crippen LogP) is 2.74. The molecule has 0 amide bonds. The third-order valence-electron chi connectivity index (χ3n) is 2.63. The highest BCUT2D eigenvalue weighted by atomic mass is 32.1. The molecule has 2 N–H and O–H groups in total. The van der Waals surface area contributed by atoms with Gasteiger partial charge in [0.15, 0.2) is 0 Å². The largest absolute Gasteiger partial charge is 0.495 e. The monoisotopic (exact) mass is 277 g/mol. The summed E-state index contributed by atoms with van der Waals surface area (Å²) in [4.78, 5) is 13.0. The summed E-state index contributed by atoms with van der Waals surface area (Å²) in [5, 5.41) is 2.00. The second kappa shape index (κ2) is 6.24. The van der Waals surface area contributed by atoms with Gasteiger partial charge in [-0.2, -0.15) is 0 Å². The van der Waals surface area contributed by atoms with E-state index in [1.54, 1.807) is 29.5 Å². The Kier molecular flexibility index (Phi) is 4.41. The van der Waals surface area contributed by atoms with Crippen LogP contribution in [0.25, 0.3) is 0 Å². The fraction of sp³-hybridized carbons (Fsp3) is 0.214. The lowest BCUT2D eigenvalue weighted by Gasteiger charge is -2.07. The van der Waals surface area contributed by atoms with Crippen molar-refractivity contribution in [3.63, 3.8) is 0 Å². The first-order valence-electron chi connectivity index (χ1n) is 5.83. The Morgan fingerprint density at radius 3 is 2.84 bits per heavy atom. The van der Waals surface area contributed by atoms with Crippen molar-refractivity contribution in [2.24, 2.45) is 0 Å². The van der Waals surface area contributed by atoms with Gasteiger partial charge in [0.2, 0.25) is 0 Å². The van der Waals surface area contributed by atoms with Gasteiger partial charge in [-0.05, 0) is 29.6 Å². The Balaban J connectivity index is 1.91. The zero-order valence-corrected chi connectivity index (χ0v) is 11.4. The summed E-state index contributed by atoms with van der Waals surface area (Å²) in [5.41, 5.74) is 6.61. The Hall–Kier alpha value is -2.01. The van der Waals surface area contributed by atoms with E-state index in [1.807, 2.05) is 17.5 Å². The number of thiophene rings is 1. The average molecular weight is 277 g/mol. The van der Waals surface area contributed by atoms with Crippen LogP contribution in [0.1, 0.15) is 15.2 Å². The number of hydrogen-bond acceptors (Lipinski definition) is 5. The number of ether oxygens (including phenoxy) is 2. The highest BCUT2D eigenvalue weighted by molar-refractivity contribution is 7.09. The van der Waals surface area contributed by atoms with Gasteiger partial charge in [0.05, 0.1) is 25.0 Å². The number of esters is 1. The maximum absolute atomic E-state index is 11.8. The molecule has 100 valence electrons. The van der Waals surface area contributed by atoms with Crippen LogP contribution in [0.15, 0.2) is 35.7 Å². The summed E-state index contributed by atoms with van der Waals surface area (Å²) in [5.74, 6) is 0.182. The summed E-state index contributed by atoms with van der Waals surface area (Å²) in [6, 6.07) is 8.86. The molecule has 0 saturated heterocycles. The molecule has 2 rings (SSSR count). The van der Waals surface area contributed by atoms with Gasteiger partial charge in [0.1, 0.15) is 5.75 Å². The van der Waals surface area contributed by atoms with Crippen molar-refractivity contribution in [3.05, 3.63) is 46.2 Å². The molecule has 0 unspecified atom stereocenters. The highest BCUT2D eigenvalue weighted by Crippen LogP contribution is 2.22. The summed E-state index contributed by atoms with van der Waals surface area (Å²) in [6.45, 7) is 0.366. The second-order valence-corrected chi connectivity index (χ2v) is 4.95. The second-order valence-electron chi connectivity index (χ2n) is 3.92. The van der Waals surface area contributed by atoms with E-state index in [9.17, 15) is 4.79 Å². The van der Waals surface area contributed by atoms with Crippen molar-refractivity contribution in [1.29, 1.82) is 0 Å². The minimum atomic E-state index is -0.370. The molecule has 0 atom stereocenters. The van der Waals surface area contributed by atoms with Crippen LogP contribution in [-0.4, -0.2) is 19.7 Å². The number of carbonyl (C=O) groups excluding carboxylic acids is 1. The van der Waals surface area contributed by atoms with Crippen LogP contribution in [0, 0.1) is 0 Å². The van der Waals surface area contributed by atoms with Gasteiger partial charge in [0.25, 0.3) is 0 Å². The Labute approximate surface area is 115 Å². The van der Waals surface area contributed by atoms with Gasteiger partial charge in [-0.1, -0.05) is 6.07 Å². The molecule has 0 aliphatic carbocycles. The van der Waals surface area contributed by atoms with Crippen molar-refractivity contribution >= 4 is 23.0 Å². The molecule has 0 aliphatic heterocycles. The highest BCUT2D eigenvalue weighted by Gasteiger charge is 2.09. The SMILES string of the molecule is COc1ccc(C(=O)OCCc2cccs2)cc1N. The van der Waals surface area contributed by atoms with Gasteiger partial charge < -0.3 is 15.2 Å². The molecule has 0 radical (unpaired) electrons. The predicted molar refractivity (Wildman–Crippen MR) is 75.7 cm³/mol. The lowest BCUT2D eigenvalue weighted by molar-refractivity contribution is 0.0510. The number of benzene rings is 1. The van der Waals surface area contributed by atoms with E-state index in [0.29, 0.717) is 23.6 Å². The first-order valence-corrected chi connectivity index (χ1v) is 6.71. The van der Waals surface area contributed by atoms with Gasteiger partial charge in [0, 0.05) is 11.3 Å². The zero-order valence-electron chi connectivity index (χ0n) is 10.6. The summed E-state index contributed by atoms with van der Waals surface area (Å²) >= 11 is 1.65. The molecule has 2 aromatic rings. The van der Waals surface area contributed by atoms with E-state index >= 15 is 0 Å². The molecular weight excluding hydrogens is 262 g/mol. The fourth-order valence-corrected chi connectivity index (χ4v) is 2.33. The number of methoxy groups -OCH3 is 1. The zero-order chi connectivity index (χ0) is 13.7. The van der Waals surface area contributed by atoms with Crippen molar-refractivity contribution in [2.45, 2.75) is 6.42 Å². The van der Waals surface area contributed by atoms with Gasteiger partial charge >= 0.3 is 5.97 Å². The molecule has 0 aliphatic rings. The van der Waals surface area contributed by atoms with Crippen LogP contribution in [0.4, 0.5) is 5.69 Å². The lowest BCUT2D eigenvalue weighted by atomic mass is 10.2. The molecule has 5 heteroatoms. The van der Waals surface area contributed by atoms with Gasteiger partial charge in [-0.3, -0.25) is 0 Å². The van der Waals surface area contributed by atoms with Gasteiger partial charge in [-0.25, -0.2) is 4.79 Å². The van der Waals surface area contributed by atoms with Crippen LogP contribution in [0.3, 0.4) is 0 Å². The van der Waals surface area contributed by atoms with Gasteiger partial charge in [-0.15, -0.1) is 11.3 Å². The summed E-state index contributed by atoms with van der Waals surface area (Å²) < 4.78 is 10.2. The number of nitrogens with two attached hydrogens (primary N) is 1. The summed E-state index contributed by atoms with van der Waals surface area (Å²) in [7, 11) is 1.53. The van der Waals surface area contributed by atoms with E-state index in [2.05, 4.69) is 0 Å². The molecule has 1 heterocycles. The molecule has 4 nitrogen and oxygen atoms in total. The minimum Gasteiger partial charge on any atom is -0.495 e. The van der Waals surface area contributed by atoms with Crippen LogP contribution in [0.5, 0.6) is 5.75 Å². The van der Waals surface area contributed by atoms with E-state index in [0.717, 1.165) is 6.42 Å². The molecule has 0 spiro atoms. The van der Waals surface area contributed by atoms with Crippen molar-refractivity contribution < 1.29 is 14.3 Å². The van der Waals surface area contributed by atoms with Crippen molar-refractivity contribution in [1.82, 2.24) is 0 Å². The smallest absolute Gasteiger partial charge is 0.338 e. The van der Waals surface area contributed by atoms with E-state index in [4.69, 9.17) is 15.2 Å². The van der Waals surface area contributed by atoms with Crippen LogP contribution < -0.4 is 10.5 Å². The number of rotatable bonds is 5. The number of hydrogen-bond donors (Lipinski definition) is 1. The third-order valence-corrected chi connectivity index (χ3v) is 3.56. The normalized spacial score (nSPS) is 10.2. The quantitative estimate of drug-likeness (QED) is 0.674. The molecule has 0 saturated carbocycles. The molecule has 0 fully saturated rings. The Morgan fingerprint density at radius 2 is 2.21 bits per heavy atom. The molecular formula is C14H15NO3S. The topological polar surface area (TPSA) is 61.5 Å². The number of carbonyl (C=O) groups is 1. The average Bonchev–Trinajstić information content (AvgIpc) is 2.91. The minimum absolute atomic E-state index is 0.366. The maximum Gasteiger partial charge on any atom is 0.338 e. The fourth-order valence-electron chi connectivity index (χ4n) is 1.64. The molecule has 19 heavy (non-hydrogen) atoms. The van der Waals surface area contributed by atoms with E-state index in [1.165, 1.54) is 12.0 Å². The van der Waals surface area contributed by atoms with Crippen LogP contribution in [-0.2, 0) is 11.2 Å². The van der Waals surface area contributed by atoms with Crippen molar-refractivity contribution in [3.8, 4) is 5.75 Å². The standard InChI is InChI=1S/C14H15NO3S/c1-17-13-5-4-10(9-12(13)15)14(16)18-7-6-11-3-2-8-19-11/h2-5,8-9H,6-7,15H2,1H3. The third kappa shape index (κ3) is 3.48. The molecule has 0 bridgehead atoms. The Morgan fingerprint density at radius 1 is 1.37 bits per heavy atom. The van der Waals surface area contributed by atoms with E-state index in [-0.39, 0.29) is 5.97 Å².